The molecule has 0 unspecified atom stereocenters. The van der Waals surface area contributed by atoms with E-state index in [1.165, 1.54) is 35.6 Å². The highest BCUT2D eigenvalue weighted by Crippen LogP contribution is 2.44. The predicted octanol–water partition coefficient (Wildman–Crippen LogP) is 3.84. The number of nitrogens with two attached hydrogens (primary N) is 1. The quantitative estimate of drug-likeness (QED) is 0.486. The third-order valence-corrected chi connectivity index (χ3v) is 5.63. The van der Waals surface area contributed by atoms with Crippen molar-refractivity contribution in [3.8, 4) is 5.69 Å². The van der Waals surface area contributed by atoms with Crippen molar-refractivity contribution < 1.29 is 9.90 Å². The molecule has 6 nitrogen and oxygen atoms in total. The van der Waals surface area contributed by atoms with Crippen LogP contribution >= 0.6 is 11.8 Å². The zero-order chi connectivity index (χ0) is 18.1. The number of thioether (sulfide) groups is 1. The summed E-state index contributed by atoms with van der Waals surface area (Å²) in [6, 6.07) is 12.6. The SMILES string of the molecule is Nc1nnc(SCCCC(=O)O)n1-c1ccc(C2CC2)c2ccccc12. The monoisotopic (exact) mass is 368 g/mol. The lowest BCUT2D eigenvalue weighted by Crippen LogP contribution is -2.04. The fourth-order valence-corrected chi connectivity index (χ4v) is 4.13. The molecule has 0 bridgehead atoms. The fourth-order valence-electron chi connectivity index (χ4n) is 3.24. The molecule has 1 aliphatic carbocycles. The summed E-state index contributed by atoms with van der Waals surface area (Å²) in [7, 11) is 0. The number of benzene rings is 2. The fraction of sp³-hybridized carbons (Fsp3) is 0.316. The highest BCUT2D eigenvalue weighted by Gasteiger charge is 2.26. The van der Waals surface area contributed by atoms with E-state index in [2.05, 4.69) is 40.5 Å². The van der Waals surface area contributed by atoms with Crippen LogP contribution in [0.4, 0.5) is 5.95 Å². The molecule has 7 heteroatoms. The number of rotatable bonds is 7. The maximum absolute atomic E-state index is 10.7. The number of anilines is 1. The van der Waals surface area contributed by atoms with Crippen molar-refractivity contribution in [2.24, 2.45) is 0 Å². The van der Waals surface area contributed by atoms with Gasteiger partial charge in [-0.2, -0.15) is 0 Å². The van der Waals surface area contributed by atoms with Gasteiger partial charge >= 0.3 is 5.97 Å². The van der Waals surface area contributed by atoms with E-state index in [-0.39, 0.29) is 6.42 Å². The number of carbonyl (C=O) groups is 1. The Morgan fingerprint density at radius 2 is 1.96 bits per heavy atom. The third kappa shape index (κ3) is 3.26. The van der Waals surface area contributed by atoms with Gasteiger partial charge in [-0.1, -0.05) is 42.1 Å². The number of fused-ring (bicyclic) bond motifs is 1. The molecule has 0 amide bonds. The number of nitrogen functional groups attached to an aromatic ring is 1. The van der Waals surface area contributed by atoms with Gasteiger partial charge < -0.3 is 10.8 Å². The molecule has 0 aliphatic heterocycles. The van der Waals surface area contributed by atoms with Crippen molar-refractivity contribution in [1.82, 2.24) is 14.8 Å². The standard InChI is InChI=1S/C19H20N4O2S/c20-18-21-22-19(26-11-3-6-17(24)25)23(18)16-10-9-13(12-7-8-12)14-4-1-2-5-15(14)16/h1-2,4-5,9-10,12H,3,6-8,11H2,(H2,20,21)(H,24,25). The van der Waals surface area contributed by atoms with E-state index in [0.29, 0.717) is 29.2 Å². The number of hydrogen-bond donors (Lipinski definition) is 2. The van der Waals surface area contributed by atoms with Crippen LogP contribution in [0, 0.1) is 0 Å². The van der Waals surface area contributed by atoms with E-state index in [0.717, 1.165) is 11.1 Å². The molecule has 0 saturated heterocycles. The van der Waals surface area contributed by atoms with Crippen LogP contribution in [0.1, 0.15) is 37.2 Å². The van der Waals surface area contributed by atoms with Gasteiger partial charge in [0.15, 0.2) is 5.16 Å². The van der Waals surface area contributed by atoms with E-state index in [9.17, 15) is 4.79 Å². The molecule has 134 valence electrons. The number of nitrogens with zero attached hydrogens (tertiary/aromatic N) is 3. The van der Waals surface area contributed by atoms with Crippen LogP contribution in [0.2, 0.25) is 0 Å². The Labute approximate surface area is 155 Å². The third-order valence-electron chi connectivity index (χ3n) is 4.62. The summed E-state index contributed by atoms with van der Waals surface area (Å²) in [6.07, 6.45) is 3.23. The lowest BCUT2D eigenvalue weighted by atomic mass is 9.99. The van der Waals surface area contributed by atoms with E-state index < -0.39 is 5.97 Å². The number of aliphatic carboxylic acids is 1. The summed E-state index contributed by atoms with van der Waals surface area (Å²) in [5, 5.41) is 20.1. The van der Waals surface area contributed by atoms with Crippen molar-refractivity contribution in [3.05, 3.63) is 42.0 Å². The van der Waals surface area contributed by atoms with Crippen molar-refractivity contribution in [3.63, 3.8) is 0 Å². The second-order valence-corrected chi connectivity index (χ2v) is 7.58. The molecule has 0 radical (unpaired) electrons. The van der Waals surface area contributed by atoms with E-state index in [1.807, 2.05) is 10.6 Å². The van der Waals surface area contributed by atoms with Crippen LogP contribution < -0.4 is 5.73 Å². The molecule has 1 fully saturated rings. The molecular formula is C19H20N4O2S. The summed E-state index contributed by atoms with van der Waals surface area (Å²) < 4.78 is 1.87. The zero-order valence-corrected chi connectivity index (χ0v) is 15.1. The minimum Gasteiger partial charge on any atom is -0.481 e. The van der Waals surface area contributed by atoms with Crippen LogP contribution in [0.3, 0.4) is 0 Å². The van der Waals surface area contributed by atoms with Gasteiger partial charge in [-0.05, 0) is 42.2 Å². The van der Waals surface area contributed by atoms with Crippen LogP contribution in [0.5, 0.6) is 0 Å². The second-order valence-electron chi connectivity index (χ2n) is 6.52. The Morgan fingerprint density at radius 3 is 2.69 bits per heavy atom. The van der Waals surface area contributed by atoms with Crippen LogP contribution in [-0.2, 0) is 4.79 Å². The highest BCUT2D eigenvalue weighted by atomic mass is 32.2. The first-order chi connectivity index (χ1) is 12.6. The maximum Gasteiger partial charge on any atom is 0.303 e. The van der Waals surface area contributed by atoms with Crippen LogP contribution in [0.25, 0.3) is 16.5 Å². The Morgan fingerprint density at radius 1 is 1.19 bits per heavy atom. The summed E-state index contributed by atoms with van der Waals surface area (Å²) in [6.45, 7) is 0. The van der Waals surface area contributed by atoms with Crippen molar-refractivity contribution >= 4 is 34.5 Å². The Bertz CT molecular complexity index is 965. The molecule has 3 N–H and O–H groups in total. The van der Waals surface area contributed by atoms with Gasteiger partial charge in [0.25, 0.3) is 0 Å². The molecule has 0 atom stereocenters. The molecular weight excluding hydrogens is 348 g/mol. The minimum absolute atomic E-state index is 0.148. The normalized spacial score (nSPS) is 14.0. The van der Waals surface area contributed by atoms with Gasteiger partial charge in [-0.3, -0.25) is 9.36 Å². The molecule has 2 aromatic carbocycles. The van der Waals surface area contributed by atoms with Crippen LogP contribution in [0.15, 0.2) is 41.6 Å². The van der Waals surface area contributed by atoms with Gasteiger partial charge in [0.1, 0.15) is 0 Å². The summed E-state index contributed by atoms with van der Waals surface area (Å²) >= 11 is 1.48. The Hall–Kier alpha value is -2.54. The Balaban J connectivity index is 1.71. The lowest BCUT2D eigenvalue weighted by molar-refractivity contribution is -0.137. The van der Waals surface area contributed by atoms with Crippen molar-refractivity contribution in [2.45, 2.75) is 36.8 Å². The second kappa shape index (κ2) is 6.99. The van der Waals surface area contributed by atoms with Gasteiger partial charge in [0, 0.05) is 17.6 Å². The molecule has 1 saturated carbocycles. The predicted molar refractivity (Wildman–Crippen MR) is 103 cm³/mol. The molecule has 4 rings (SSSR count). The molecule has 1 aromatic heterocycles. The lowest BCUT2D eigenvalue weighted by Gasteiger charge is -2.14. The van der Waals surface area contributed by atoms with E-state index >= 15 is 0 Å². The van der Waals surface area contributed by atoms with Gasteiger partial charge in [-0.15, -0.1) is 10.2 Å². The Kier molecular flexibility index (Phi) is 4.55. The molecule has 0 spiro atoms. The largest absolute Gasteiger partial charge is 0.481 e. The average molecular weight is 368 g/mol. The number of carboxylic acid groups (broad SMARTS) is 1. The first-order valence-corrected chi connectivity index (χ1v) is 9.71. The summed E-state index contributed by atoms with van der Waals surface area (Å²) in [5.74, 6) is 0.878. The topological polar surface area (TPSA) is 94.0 Å². The molecule has 1 heterocycles. The molecule has 3 aromatic rings. The maximum atomic E-state index is 10.7. The molecule has 1 aliphatic rings. The summed E-state index contributed by atoms with van der Waals surface area (Å²) in [5.41, 5.74) is 8.47. The van der Waals surface area contributed by atoms with Crippen molar-refractivity contribution in [2.75, 3.05) is 11.5 Å². The molecule has 26 heavy (non-hydrogen) atoms. The minimum atomic E-state index is -0.784. The van der Waals surface area contributed by atoms with Gasteiger partial charge in [-0.25, -0.2) is 0 Å². The van der Waals surface area contributed by atoms with Gasteiger partial charge in [0.05, 0.1) is 5.69 Å². The number of aromatic nitrogens is 3. The van der Waals surface area contributed by atoms with E-state index in [4.69, 9.17) is 10.8 Å². The number of carboxylic acids is 1. The first kappa shape index (κ1) is 16.9. The van der Waals surface area contributed by atoms with Gasteiger partial charge in [0.2, 0.25) is 5.95 Å². The summed E-state index contributed by atoms with van der Waals surface area (Å²) in [4.78, 5) is 10.7. The zero-order valence-electron chi connectivity index (χ0n) is 14.3. The highest BCUT2D eigenvalue weighted by molar-refractivity contribution is 7.99. The number of hydrogen-bond acceptors (Lipinski definition) is 5. The van der Waals surface area contributed by atoms with Crippen molar-refractivity contribution in [1.29, 1.82) is 0 Å². The average Bonchev–Trinajstić information content (AvgIpc) is 3.41. The van der Waals surface area contributed by atoms with Crippen LogP contribution in [-0.4, -0.2) is 31.6 Å². The van der Waals surface area contributed by atoms with E-state index in [1.54, 1.807) is 0 Å². The first-order valence-electron chi connectivity index (χ1n) is 8.72. The smallest absolute Gasteiger partial charge is 0.303 e.